The van der Waals surface area contributed by atoms with Crippen LogP contribution >= 0.6 is 0 Å². The van der Waals surface area contributed by atoms with Gasteiger partial charge in [0.05, 0.1) is 17.8 Å². The van der Waals surface area contributed by atoms with E-state index in [1.54, 1.807) is 0 Å². The van der Waals surface area contributed by atoms with Crippen LogP contribution in [-0.2, 0) is 4.74 Å². The molecule has 2 nitrogen and oxygen atoms in total. The number of ether oxygens (including phenoxy) is 1. The van der Waals surface area contributed by atoms with Gasteiger partial charge in [0.15, 0.2) is 0 Å². The number of hydrogen-bond acceptors (Lipinski definition) is 2. The number of rotatable bonds is 1. The Kier molecular flexibility index (Phi) is 4.93. The fourth-order valence-corrected chi connectivity index (χ4v) is 1.75. The highest BCUT2D eigenvalue weighted by molar-refractivity contribution is 4.89. The fraction of sp³-hybridized carbons (Fsp3) is 1.00. The third-order valence-corrected chi connectivity index (χ3v) is 2.47. The van der Waals surface area contributed by atoms with Crippen LogP contribution in [0.25, 0.3) is 0 Å². The van der Waals surface area contributed by atoms with Crippen LogP contribution in [0.3, 0.4) is 0 Å². The molecule has 1 rings (SSSR count). The Morgan fingerprint density at radius 3 is 2.15 bits per heavy atom. The van der Waals surface area contributed by atoms with E-state index in [-0.39, 0.29) is 5.60 Å². The van der Waals surface area contributed by atoms with Gasteiger partial charge in [-0.2, -0.15) is 0 Å². The molecule has 1 aliphatic heterocycles. The molecule has 0 amide bonds. The molecular weight excluding hydrogens is 164 g/mol. The van der Waals surface area contributed by atoms with Crippen LogP contribution in [0.15, 0.2) is 0 Å². The number of aliphatic hydroxyl groups is 1. The van der Waals surface area contributed by atoms with Crippen LogP contribution in [0.2, 0.25) is 0 Å². The first-order valence-corrected chi connectivity index (χ1v) is 5.34. The first-order chi connectivity index (χ1) is 5.97. The Bertz CT molecular complexity index is 143. The van der Waals surface area contributed by atoms with Crippen molar-refractivity contribution in [1.82, 2.24) is 0 Å². The summed E-state index contributed by atoms with van der Waals surface area (Å²) in [4.78, 5) is 0. The predicted octanol–water partition coefficient (Wildman–Crippen LogP) is 2.74. The molecule has 1 aliphatic rings. The lowest BCUT2D eigenvalue weighted by Gasteiger charge is -2.41. The van der Waals surface area contributed by atoms with E-state index in [0.29, 0.717) is 6.61 Å². The molecule has 0 saturated carbocycles. The molecule has 0 aromatic rings. The second-order valence-electron chi connectivity index (χ2n) is 4.11. The predicted molar refractivity (Wildman–Crippen MR) is 55.9 cm³/mol. The summed E-state index contributed by atoms with van der Waals surface area (Å²) in [7, 11) is 0. The summed E-state index contributed by atoms with van der Waals surface area (Å²) < 4.78 is 5.50. The van der Waals surface area contributed by atoms with Gasteiger partial charge in [-0.15, -0.1) is 0 Å². The average molecular weight is 188 g/mol. The van der Waals surface area contributed by atoms with Crippen LogP contribution in [0.4, 0.5) is 0 Å². The van der Waals surface area contributed by atoms with Crippen LogP contribution in [0.5, 0.6) is 0 Å². The summed E-state index contributed by atoms with van der Waals surface area (Å²) in [5, 5.41) is 9.94. The molecule has 0 bridgehead atoms. The molecule has 0 unspecified atom stereocenters. The molecule has 80 valence electrons. The van der Waals surface area contributed by atoms with Gasteiger partial charge >= 0.3 is 0 Å². The molecule has 1 N–H and O–H groups in total. The van der Waals surface area contributed by atoms with E-state index in [9.17, 15) is 5.11 Å². The first-order valence-electron chi connectivity index (χ1n) is 5.34. The summed E-state index contributed by atoms with van der Waals surface area (Å²) in [6.45, 7) is 10.8. The van der Waals surface area contributed by atoms with E-state index in [2.05, 4.69) is 0 Å². The Morgan fingerprint density at radius 1 is 1.31 bits per heavy atom. The molecule has 13 heavy (non-hydrogen) atoms. The Labute approximate surface area is 82.3 Å². The van der Waals surface area contributed by atoms with Gasteiger partial charge in [0.25, 0.3) is 0 Å². The van der Waals surface area contributed by atoms with E-state index in [4.69, 9.17) is 4.74 Å². The monoisotopic (exact) mass is 188 g/mol. The third kappa shape index (κ3) is 4.10. The largest absolute Gasteiger partial charge is 0.390 e. The zero-order valence-electron chi connectivity index (χ0n) is 9.68. The Hall–Kier alpha value is -0.0800. The SMILES string of the molecule is CC.CC[C@]1(O)CCOC(C)(C)C1. The van der Waals surface area contributed by atoms with Crippen LogP contribution in [-0.4, -0.2) is 22.9 Å². The van der Waals surface area contributed by atoms with Crippen molar-refractivity contribution in [3.8, 4) is 0 Å². The van der Waals surface area contributed by atoms with E-state index in [1.807, 2.05) is 34.6 Å². The molecule has 0 aliphatic carbocycles. The second kappa shape index (κ2) is 4.97. The molecular formula is C11H24O2. The summed E-state index contributed by atoms with van der Waals surface area (Å²) >= 11 is 0. The average Bonchev–Trinajstić information content (AvgIpc) is 2.06. The maximum atomic E-state index is 9.94. The molecule has 2 heteroatoms. The van der Waals surface area contributed by atoms with Crippen molar-refractivity contribution in [1.29, 1.82) is 0 Å². The minimum Gasteiger partial charge on any atom is -0.390 e. The van der Waals surface area contributed by atoms with Crippen molar-refractivity contribution in [3.63, 3.8) is 0 Å². The van der Waals surface area contributed by atoms with Gasteiger partial charge in [0.2, 0.25) is 0 Å². The minimum atomic E-state index is -0.470. The second-order valence-corrected chi connectivity index (χ2v) is 4.11. The summed E-state index contributed by atoms with van der Waals surface area (Å²) in [6.07, 6.45) is 2.38. The zero-order valence-corrected chi connectivity index (χ0v) is 9.68. The fourth-order valence-electron chi connectivity index (χ4n) is 1.75. The first kappa shape index (κ1) is 12.9. The van der Waals surface area contributed by atoms with Crippen molar-refractivity contribution in [2.75, 3.05) is 6.61 Å². The van der Waals surface area contributed by atoms with Crippen molar-refractivity contribution >= 4 is 0 Å². The standard InChI is InChI=1S/C9H18O2.C2H6/c1-4-9(10)5-6-11-8(2,3)7-9;1-2/h10H,4-7H2,1-3H3;1-2H3/t9-;/m0./s1. The van der Waals surface area contributed by atoms with Gasteiger partial charge in [-0.1, -0.05) is 20.8 Å². The topological polar surface area (TPSA) is 29.5 Å². The molecule has 0 spiro atoms. The van der Waals surface area contributed by atoms with E-state index in [1.165, 1.54) is 0 Å². The lowest BCUT2D eigenvalue weighted by atomic mass is 9.83. The maximum absolute atomic E-state index is 9.94. The van der Waals surface area contributed by atoms with Crippen molar-refractivity contribution < 1.29 is 9.84 Å². The van der Waals surface area contributed by atoms with Crippen LogP contribution in [0, 0.1) is 0 Å². The number of hydrogen-bond donors (Lipinski definition) is 1. The van der Waals surface area contributed by atoms with Gasteiger partial charge in [0, 0.05) is 6.42 Å². The van der Waals surface area contributed by atoms with Gasteiger partial charge in [-0.3, -0.25) is 0 Å². The summed E-state index contributed by atoms with van der Waals surface area (Å²) in [5.74, 6) is 0. The highest BCUT2D eigenvalue weighted by Gasteiger charge is 2.37. The van der Waals surface area contributed by atoms with Crippen molar-refractivity contribution in [2.24, 2.45) is 0 Å². The Morgan fingerprint density at radius 2 is 1.85 bits per heavy atom. The van der Waals surface area contributed by atoms with E-state index >= 15 is 0 Å². The molecule has 1 heterocycles. The molecule has 1 fully saturated rings. The normalized spacial score (nSPS) is 31.8. The molecule has 0 radical (unpaired) electrons. The minimum absolute atomic E-state index is 0.136. The lowest BCUT2D eigenvalue weighted by Crippen LogP contribution is -2.45. The molecule has 0 aromatic carbocycles. The highest BCUT2D eigenvalue weighted by atomic mass is 16.5. The zero-order chi connectivity index (χ0) is 10.5. The van der Waals surface area contributed by atoms with Gasteiger partial charge in [0.1, 0.15) is 0 Å². The highest BCUT2D eigenvalue weighted by Crippen LogP contribution is 2.33. The van der Waals surface area contributed by atoms with Gasteiger partial charge in [-0.05, 0) is 26.7 Å². The van der Waals surface area contributed by atoms with Crippen molar-refractivity contribution in [2.45, 2.75) is 65.1 Å². The third-order valence-electron chi connectivity index (χ3n) is 2.47. The summed E-state index contributed by atoms with van der Waals surface area (Å²) in [6, 6.07) is 0. The van der Waals surface area contributed by atoms with Crippen LogP contribution in [0.1, 0.15) is 53.9 Å². The van der Waals surface area contributed by atoms with Gasteiger partial charge in [-0.25, -0.2) is 0 Å². The van der Waals surface area contributed by atoms with E-state index < -0.39 is 5.60 Å². The Balaban J connectivity index is 0.000000671. The summed E-state index contributed by atoms with van der Waals surface area (Å²) in [5.41, 5.74) is -0.606. The molecule has 0 aromatic heterocycles. The van der Waals surface area contributed by atoms with Crippen molar-refractivity contribution in [3.05, 3.63) is 0 Å². The van der Waals surface area contributed by atoms with Gasteiger partial charge < -0.3 is 9.84 Å². The quantitative estimate of drug-likeness (QED) is 0.685. The lowest BCUT2D eigenvalue weighted by molar-refractivity contribution is -0.144. The molecule has 1 saturated heterocycles. The smallest absolute Gasteiger partial charge is 0.0694 e. The van der Waals surface area contributed by atoms with E-state index in [0.717, 1.165) is 19.3 Å². The van der Waals surface area contributed by atoms with Crippen LogP contribution < -0.4 is 0 Å². The maximum Gasteiger partial charge on any atom is 0.0694 e. The molecule has 1 atom stereocenters.